The second-order valence-electron chi connectivity index (χ2n) is 6.30. The number of amides is 1. The van der Waals surface area contributed by atoms with Crippen molar-refractivity contribution >= 4 is 21.8 Å². The molecule has 2 rings (SSSR count). The third kappa shape index (κ3) is 5.48. The number of carbonyl (C=O) groups is 1. The summed E-state index contributed by atoms with van der Waals surface area (Å²) in [7, 11) is 0. The van der Waals surface area contributed by atoms with Crippen LogP contribution >= 0.6 is 15.9 Å². The molecule has 0 aliphatic carbocycles. The van der Waals surface area contributed by atoms with Crippen LogP contribution in [0, 0.1) is 5.92 Å². The van der Waals surface area contributed by atoms with Gasteiger partial charge in [-0.3, -0.25) is 9.69 Å². The van der Waals surface area contributed by atoms with Crippen molar-refractivity contribution in [3.63, 3.8) is 0 Å². The number of hydrogen-bond donors (Lipinski definition) is 2. The van der Waals surface area contributed by atoms with Crippen LogP contribution in [0.25, 0.3) is 0 Å². The smallest absolute Gasteiger partial charge is 0.255 e. The van der Waals surface area contributed by atoms with Gasteiger partial charge < -0.3 is 15.2 Å². The van der Waals surface area contributed by atoms with Gasteiger partial charge in [0.2, 0.25) is 0 Å². The molecular formula is C17H25BrN2O3. The van der Waals surface area contributed by atoms with Gasteiger partial charge in [0.05, 0.1) is 18.8 Å². The van der Waals surface area contributed by atoms with Gasteiger partial charge in [-0.2, -0.15) is 0 Å². The van der Waals surface area contributed by atoms with E-state index in [1.165, 1.54) is 6.07 Å². The maximum atomic E-state index is 12.4. The Labute approximate surface area is 146 Å². The van der Waals surface area contributed by atoms with Crippen LogP contribution < -0.4 is 5.32 Å². The predicted molar refractivity (Wildman–Crippen MR) is 93.8 cm³/mol. The molecule has 1 saturated heterocycles. The molecule has 0 saturated carbocycles. The van der Waals surface area contributed by atoms with Crippen molar-refractivity contribution in [3.05, 3.63) is 28.2 Å². The molecule has 1 heterocycles. The molecule has 0 radical (unpaired) electrons. The summed E-state index contributed by atoms with van der Waals surface area (Å²) in [6, 6.07) is 5.15. The zero-order chi connectivity index (χ0) is 16.8. The van der Waals surface area contributed by atoms with Crippen molar-refractivity contribution in [2.75, 3.05) is 32.8 Å². The number of halogens is 1. The summed E-state index contributed by atoms with van der Waals surface area (Å²) in [5, 5.41) is 12.8. The molecule has 0 bridgehead atoms. The maximum Gasteiger partial charge on any atom is 0.255 e. The number of phenolic OH excluding ortho intramolecular Hbond substituents is 1. The lowest BCUT2D eigenvalue weighted by molar-refractivity contribution is 0.0124. The van der Waals surface area contributed by atoms with E-state index in [9.17, 15) is 9.90 Å². The second-order valence-corrected chi connectivity index (χ2v) is 7.22. The highest BCUT2D eigenvalue weighted by Crippen LogP contribution is 2.22. The number of hydrogen-bond acceptors (Lipinski definition) is 4. The van der Waals surface area contributed by atoms with Gasteiger partial charge in [0.1, 0.15) is 5.75 Å². The molecule has 1 aromatic carbocycles. The average Bonchev–Trinajstić information content (AvgIpc) is 2.54. The Hall–Kier alpha value is -1.11. The van der Waals surface area contributed by atoms with Crippen LogP contribution in [0.2, 0.25) is 0 Å². The quantitative estimate of drug-likeness (QED) is 0.791. The summed E-state index contributed by atoms with van der Waals surface area (Å²) in [6.07, 6.45) is 1.02. The first-order chi connectivity index (χ1) is 11.0. The molecule has 1 amide bonds. The van der Waals surface area contributed by atoms with Gasteiger partial charge in [-0.25, -0.2) is 0 Å². The molecule has 23 heavy (non-hydrogen) atoms. The Morgan fingerprint density at radius 3 is 2.74 bits per heavy atom. The largest absolute Gasteiger partial charge is 0.507 e. The van der Waals surface area contributed by atoms with E-state index < -0.39 is 0 Å². The van der Waals surface area contributed by atoms with E-state index in [0.717, 1.165) is 37.2 Å². The molecule has 128 valence electrons. The summed E-state index contributed by atoms with van der Waals surface area (Å²) in [4.78, 5) is 14.7. The summed E-state index contributed by atoms with van der Waals surface area (Å²) in [5.41, 5.74) is 0.296. The van der Waals surface area contributed by atoms with Crippen LogP contribution in [-0.4, -0.2) is 54.8 Å². The first kappa shape index (κ1) is 18.2. The van der Waals surface area contributed by atoms with Crippen molar-refractivity contribution in [3.8, 4) is 5.75 Å². The first-order valence-corrected chi connectivity index (χ1v) is 8.85. The number of aromatic hydroxyl groups is 1. The molecule has 1 aromatic rings. The number of morpholine rings is 1. The van der Waals surface area contributed by atoms with E-state index in [0.29, 0.717) is 18.0 Å². The van der Waals surface area contributed by atoms with Crippen molar-refractivity contribution in [1.29, 1.82) is 0 Å². The predicted octanol–water partition coefficient (Wildman–Crippen LogP) is 2.63. The zero-order valence-electron chi connectivity index (χ0n) is 13.7. The van der Waals surface area contributed by atoms with Gasteiger partial charge in [0, 0.05) is 30.1 Å². The normalized spacial score (nSPS) is 17.2. The van der Waals surface area contributed by atoms with E-state index in [2.05, 4.69) is 40.0 Å². The second kappa shape index (κ2) is 8.66. The Bertz CT molecular complexity index is 531. The van der Waals surface area contributed by atoms with Crippen LogP contribution in [0.3, 0.4) is 0 Å². The van der Waals surface area contributed by atoms with Crippen LogP contribution in [0.5, 0.6) is 5.75 Å². The van der Waals surface area contributed by atoms with Gasteiger partial charge >= 0.3 is 0 Å². The lowest BCUT2D eigenvalue weighted by atomic mass is 10.0. The fraction of sp³-hybridized carbons (Fsp3) is 0.588. The van der Waals surface area contributed by atoms with Crippen LogP contribution in [0.1, 0.15) is 30.6 Å². The van der Waals surface area contributed by atoms with E-state index >= 15 is 0 Å². The Balaban J connectivity index is 1.99. The molecule has 1 fully saturated rings. The number of nitrogens with zero attached hydrogens (tertiary/aromatic N) is 1. The fourth-order valence-electron chi connectivity index (χ4n) is 2.84. The maximum absolute atomic E-state index is 12.4. The number of benzene rings is 1. The number of phenols is 1. The first-order valence-electron chi connectivity index (χ1n) is 8.06. The molecule has 6 heteroatoms. The highest BCUT2D eigenvalue weighted by molar-refractivity contribution is 9.10. The highest BCUT2D eigenvalue weighted by atomic mass is 79.9. The van der Waals surface area contributed by atoms with Crippen LogP contribution in [0.4, 0.5) is 0 Å². The van der Waals surface area contributed by atoms with E-state index in [4.69, 9.17) is 4.74 Å². The van der Waals surface area contributed by atoms with Crippen molar-refractivity contribution in [2.45, 2.75) is 26.3 Å². The van der Waals surface area contributed by atoms with Crippen molar-refractivity contribution < 1.29 is 14.6 Å². The third-order valence-corrected chi connectivity index (χ3v) is 4.50. The molecule has 1 aliphatic heterocycles. The van der Waals surface area contributed by atoms with Crippen molar-refractivity contribution in [1.82, 2.24) is 10.2 Å². The lowest BCUT2D eigenvalue weighted by Gasteiger charge is -2.35. The topological polar surface area (TPSA) is 61.8 Å². The molecule has 1 aliphatic rings. The van der Waals surface area contributed by atoms with Gasteiger partial charge in [-0.15, -0.1) is 0 Å². The van der Waals surface area contributed by atoms with Gasteiger partial charge in [-0.05, 0) is 30.5 Å². The van der Waals surface area contributed by atoms with Crippen LogP contribution in [-0.2, 0) is 4.74 Å². The number of carbonyl (C=O) groups excluding carboxylic acids is 1. The minimum absolute atomic E-state index is 0.00233. The van der Waals surface area contributed by atoms with Gasteiger partial charge in [0.15, 0.2) is 0 Å². The monoisotopic (exact) mass is 384 g/mol. The highest BCUT2D eigenvalue weighted by Gasteiger charge is 2.23. The molecule has 1 unspecified atom stereocenters. The lowest BCUT2D eigenvalue weighted by Crippen LogP contribution is -2.49. The SMILES string of the molecule is CC(C)CC(CNC(=O)c1cc(Br)ccc1O)N1CCOCC1. The summed E-state index contributed by atoms with van der Waals surface area (Å²) in [5.74, 6) is 0.308. The Morgan fingerprint density at radius 1 is 1.39 bits per heavy atom. The van der Waals surface area contributed by atoms with Crippen molar-refractivity contribution in [2.24, 2.45) is 5.92 Å². The molecular weight excluding hydrogens is 360 g/mol. The molecule has 0 aromatic heterocycles. The Kier molecular flexibility index (Phi) is 6.87. The molecule has 1 atom stereocenters. The summed E-state index contributed by atoms with van der Waals surface area (Å²) in [6.45, 7) is 8.24. The number of ether oxygens (including phenoxy) is 1. The Morgan fingerprint density at radius 2 is 2.09 bits per heavy atom. The molecule has 2 N–H and O–H groups in total. The third-order valence-electron chi connectivity index (χ3n) is 4.01. The number of nitrogens with one attached hydrogen (secondary N) is 1. The van der Waals surface area contributed by atoms with Gasteiger partial charge in [0.25, 0.3) is 5.91 Å². The molecule has 5 nitrogen and oxygen atoms in total. The van der Waals surface area contributed by atoms with Gasteiger partial charge in [-0.1, -0.05) is 29.8 Å². The minimum atomic E-state index is -0.245. The standard InChI is InChI=1S/C17H25BrN2O3/c1-12(2)9-14(20-5-7-23-8-6-20)11-19-17(22)15-10-13(18)3-4-16(15)21/h3-4,10,12,14,21H,5-9,11H2,1-2H3,(H,19,22). The minimum Gasteiger partial charge on any atom is -0.507 e. The van der Waals surface area contributed by atoms with E-state index in [1.54, 1.807) is 12.1 Å². The summed E-state index contributed by atoms with van der Waals surface area (Å²) >= 11 is 3.33. The zero-order valence-corrected chi connectivity index (χ0v) is 15.3. The number of rotatable bonds is 6. The molecule has 0 spiro atoms. The van der Waals surface area contributed by atoms with Crippen LogP contribution in [0.15, 0.2) is 22.7 Å². The van der Waals surface area contributed by atoms with E-state index in [1.807, 2.05) is 0 Å². The summed E-state index contributed by atoms with van der Waals surface area (Å²) < 4.78 is 6.18. The van der Waals surface area contributed by atoms with E-state index in [-0.39, 0.29) is 17.7 Å². The fourth-order valence-corrected chi connectivity index (χ4v) is 3.21. The average molecular weight is 385 g/mol.